The summed E-state index contributed by atoms with van der Waals surface area (Å²) in [7, 11) is 0. The van der Waals surface area contributed by atoms with Crippen molar-refractivity contribution in [3.05, 3.63) is 78.2 Å². The molecule has 2 N–H and O–H groups in total. The van der Waals surface area contributed by atoms with Crippen LogP contribution in [0.4, 0.5) is 0 Å². The summed E-state index contributed by atoms with van der Waals surface area (Å²) >= 11 is 0. The van der Waals surface area contributed by atoms with Gasteiger partial charge in [0.1, 0.15) is 0 Å². The van der Waals surface area contributed by atoms with Gasteiger partial charge < -0.3 is 19.9 Å². The number of aliphatic hydroxyl groups excluding tert-OH is 1. The summed E-state index contributed by atoms with van der Waals surface area (Å²) in [4.78, 5) is 20.7. The number of rotatable bonds is 5. The third kappa shape index (κ3) is 5.61. The number of aliphatic hydroxyl groups is 1. The van der Waals surface area contributed by atoms with E-state index in [1.807, 2.05) is 53.4 Å². The highest BCUT2D eigenvalue weighted by molar-refractivity contribution is 5.98. The molecule has 1 aliphatic carbocycles. The SMILES string of the molecule is Cl.O=C(c1ncn(C2CCCCCC2O)c1-c1ccccc1)N1CCNC[C@H]1Cc1ccccc1. The van der Waals surface area contributed by atoms with Crippen LogP contribution in [0.5, 0.6) is 0 Å². The molecule has 2 heterocycles. The van der Waals surface area contributed by atoms with E-state index in [0.717, 1.165) is 62.9 Å². The average Bonchev–Trinajstić information content (AvgIpc) is 3.20. The highest BCUT2D eigenvalue weighted by atomic mass is 35.5. The molecule has 2 fully saturated rings. The summed E-state index contributed by atoms with van der Waals surface area (Å²) in [5.41, 5.74) is 3.51. The van der Waals surface area contributed by atoms with Gasteiger partial charge in [-0.15, -0.1) is 12.4 Å². The van der Waals surface area contributed by atoms with Crippen LogP contribution >= 0.6 is 12.4 Å². The lowest BCUT2D eigenvalue weighted by molar-refractivity contribution is 0.0630. The molecule has 2 unspecified atom stereocenters. The number of carbonyl (C=O) groups excluding carboxylic acids is 1. The second kappa shape index (κ2) is 11.8. The van der Waals surface area contributed by atoms with E-state index in [0.29, 0.717) is 12.2 Å². The maximum atomic E-state index is 14.0. The van der Waals surface area contributed by atoms with Crippen molar-refractivity contribution in [2.24, 2.45) is 0 Å². The number of hydrogen-bond acceptors (Lipinski definition) is 4. The Labute approximate surface area is 213 Å². The molecule has 7 heteroatoms. The van der Waals surface area contributed by atoms with Crippen LogP contribution in [-0.2, 0) is 6.42 Å². The summed E-state index contributed by atoms with van der Waals surface area (Å²) in [6.07, 6.45) is 7.11. The number of aromatic nitrogens is 2. The van der Waals surface area contributed by atoms with Crippen LogP contribution in [0.3, 0.4) is 0 Å². The second-order valence-electron chi connectivity index (χ2n) is 9.53. The number of benzene rings is 2. The lowest BCUT2D eigenvalue weighted by atomic mass is 10.0. The first kappa shape index (κ1) is 25.4. The second-order valence-corrected chi connectivity index (χ2v) is 9.53. The number of carbonyl (C=O) groups is 1. The Bertz CT molecular complexity index is 1090. The van der Waals surface area contributed by atoms with E-state index in [1.54, 1.807) is 6.33 Å². The molecule has 1 aliphatic heterocycles. The van der Waals surface area contributed by atoms with Crippen LogP contribution in [0.25, 0.3) is 11.3 Å². The average molecular weight is 495 g/mol. The summed E-state index contributed by atoms with van der Waals surface area (Å²) in [5, 5.41) is 14.4. The van der Waals surface area contributed by atoms with E-state index in [4.69, 9.17) is 0 Å². The van der Waals surface area contributed by atoms with Crippen LogP contribution in [0, 0.1) is 0 Å². The molecule has 2 aliphatic rings. The summed E-state index contributed by atoms with van der Waals surface area (Å²) in [6, 6.07) is 20.4. The Kier molecular flexibility index (Phi) is 8.60. The van der Waals surface area contributed by atoms with Crippen molar-refractivity contribution < 1.29 is 9.90 Å². The molecule has 1 aromatic heterocycles. The minimum atomic E-state index is -0.424. The van der Waals surface area contributed by atoms with Gasteiger partial charge in [-0.25, -0.2) is 4.98 Å². The zero-order chi connectivity index (χ0) is 23.3. The van der Waals surface area contributed by atoms with Crippen molar-refractivity contribution in [2.45, 2.75) is 56.7 Å². The van der Waals surface area contributed by atoms with Gasteiger partial charge in [0, 0.05) is 31.2 Å². The normalized spacial score (nSPS) is 22.8. The zero-order valence-corrected chi connectivity index (χ0v) is 20.9. The molecule has 0 radical (unpaired) electrons. The topological polar surface area (TPSA) is 70.4 Å². The van der Waals surface area contributed by atoms with Crippen LogP contribution < -0.4 is 5.32 Å². The Hall–Kier alpha value is -2.67. The third-order valence-corrected chi connectivity index (χ3v) is 7.27. The van der Waals surface area contributed by atoms with Crippen LogP contribution in [0.15, 0.2) is 67.0 Å². The summed E-state index contributed by atoms with van der Waals surface area (Å²) in [6.45, 7) is 2.20. The quantitative estimate of drug-likeness (QED) is 0.512. The van der Waals surface area contributed by atoms with Crippen molar-refractivity contribution in [3.63, 3.8) is 0 Å². The minimum Gasteiger partial charge on any atom is -0.391 e. The molecule has 0 spiro atoms. The summed E-state index contributed by atoms with van der Waals surface area (Å²) < 4.78 is 2.08. The first-order valence-corrected chi connectivity index (χ1v) is 12.6. The smallest absolute Gasteiger partial charge is 0.275 e. The van der Waals surface area contributed by atoms with Crippen molar-refractivity contribution >= 4 is 18.3 Å². The van der Waals surface area contributed by atoms with Gasteiger partial charge in [0.2, 0.25) is 0 Å². The summed E-state index contributed by atoms with van der Waals surface area (Å²) in [5.74, 6) is -0.0249. The molecule has 1 saturated carbocycles. The van der Waals surface area contributed by atoms with Gasteiger partial charge in [0.15, 0.2) is 5.69 Å². The molecular formula is C28H35ClN4O2. The Morgan fingerprint density at radius 1 is 1.00 bits per heavy atom. The van der Waals surface area contributed by atoms with Crippen molar-refractivity contribution in [3.8, 4) is 11.3 Å². The predicted octanol–water partition coefficient (Wildman–Crippen LogP) is 4.49. The molecule has 5 rings (SSSR count). The van der Waals surface area contributed by atoms with Gasteiger partial charge in [-0.3, -0.25) is 4.79 Å². The van der Waals surface area contributed by atoms with E-state index >= 15 is 0 Å². The van der Waals surface area contributed by atoms with Crippen LogP contribution in [0.1, 0.15) is 54.2 Å². The first-order valence-electron chi connectivity index (χ1n) is 12.6. The van der Waals surface area contributed by atoms with E-state index in [9.17, 15) is 9.90 Å². The molecule has 0 bridgehead atoms. The molecule has 186 valence electrons. The largest absolute Gasteiger partial charge is 0.391 e. The molecule has 3 atom stereocenters. The number of imidazole rings is 1. The fraction of sp³-hybridized carbons (Fsp3) is 0.429. The molecule has 35 heavy (non-hydrogen) atoms. The van der Waals surface area contributed by atoms with Crippen LogP contribution in [0.2, 0.25) is 0 Å². The molecule has 3 aromatic rings. The number of halogens is 1. The number of amides is 1. The lowest BCUT2D eigenvalue weighted by Crippen LogP contribution is -2.54. The Morgan fingerprint density at radius 2 is 1.71 bits per heavy atom. The van der Waals surface area contributed by atoms with E-state index in [2.05, 4.69) is 27.0 Å². The highest BCUT2D eigenvalue weighted by Gasteiger charge is 2.33. The highest BCUT2D eigenvalue weighted by Crippen LogP contribution is 2.34. The predicted molar refractivity (Wildman–Crippen MR) is 141 cm³/mol. The van der Waals surface area contributed by atoms with Crippen molar-refractivity contribution in [1.29, 1.82) is 0 Å². The maximum absolute atomic E-state index is 14.0. The molecule has 1 amide bonds. The number of nitrogens with zero attached hydrogens (tertiary/aromatic N) is 3. The standard InChI is InChI=1S/C28H34N4O2.ClH/c33-25-15-9-3-8-14-24(25)32-20-30-26(27(32)22-12-6-2-7-13-22)28(34)31-17-16-29-19-23(31)18-21-10-4-1-5-11-21;/h1-2,4-7,10-13,20,23-25,29,33H,3,8-9,14-19H2;1H/t23-,24?,25?;/m1./s1. The van der Waals surface area contributed by atoms with Gasteiger partial charge in [0.05, 0.1) is 24.2 Å². The van der Waals surface area contributed by atoms with Gasteiger partial charge in [0.25, 0.3) is 5.91 Å². The Morgan fingerprint density at radius 3 is 2.49 bits per heavy atom. The zero-order valence-electron chi connectivity index (χ0n) is 20.1. The monoisotopic (exact) mass is 494 g/mol. The third-order valence-electron chi connectivity index (χ3n) is 7.27. The number of hydrogen-bond donors (Lipinski definition) is 2. The van der Waals surface area contributed by atoms with E-state index in [-0.39, 0.29) is 30.4 Å². The van der Waals surface area contributed by atoms with Crippen LogP contribution in [-0.4, -0.2) is 57.2 Å². The van der Waals surface area contributed by atoms with Gasteiger partial charge in [-0.2, -0.15) is 0 Å². The number of piperazine rings is 1. The van der Waals surface area contributed by atoms with Crippen molar-refractivity contribution in [1.82, 2.24) is 19.8 Å². The van der Waals surface area contributed by atoms with Gasteiger partial charge in [-0.05, 0) is 24.8 Å². The molecular weight excluding hydrogens is 460 g/mol. The first-order chi connectivity index (χ1) is 16.7. The molecule has 6 nitrogen and oxygen atoms in total. The molecule has 1 saturated heterocycles. The Balaban J connectivity index is 0.00000289. The fourth-order valence-electron chi connectivity index (χ4n) is 5.48. The van der Waals surface area contributed by atoms with Gasteiger partial charge >= 0.3 is 0 Å². The maximum Gasteiger partial charge on any atom is 0.275 e. The fourth-order valence-corrected chi connectivity index (χ4v) is 5.48. The lowest BCUT2D eigenvalue weighted by Gasteiger charge is -2.36. The van der Waals surface area contributed by atoms with Gasteiger partial charge in [-0.1, -0.05) is 79.9 Å². The molecule has 2 aromatic carbocycles. The van der Waals surface area contributed by atoms with Crippen molar-refractivity contribution in [2.75, 3.05) is 19.6 Å². The van der Waals surface area contributed by atoms with E-state index in [1.165, 1.54) is 5.56 Å². The number of nitrogens with one attached hydrogen (secondary N) is 1. The minimum absolute atomic E-state index is 0. The van der Waals surface area contributed by atoms with E-state index < -0.39 is 6.10 Å².